The lowest BCUT2D eigenvalue weighted by Crippen LogP contribution is -2.28. The van der Waals surface area contributed by atoms with Crippen molar-refractivity contribution in [1.29, 1.82) is 0 Å². The first-order valence-corrected chi connectivity index (χ1v) is 6.49. The Morgan fingerprint density at radius 3 is 2.44 bits per heavy atom. The number of halogens is 1. The Kier molecular flexibility index (Phi) is 4.43. The molecular formula is C11H12FNO4S. The molecule has 0 saturated carbocycles. The van der Waals surface area contributed by atoms with E-state index in [0.29, 0.717) is 0 Å². The van der Waals surface area contributed by atoms with Crippen LogP contribution in [0.1, 0.15) is 6.92 Å². The molecule has 0 aromatic heterocycles. The fraction of sp³-hybridized carbons (Fsp3) is 0.182. The normalized spacial score (nSPS) is 10.8. The maximum atomic E-state index is 12.7. The highest BCUT2D eigenvalue weighted by Gasteiger charge is 2.18. The van der Waals surface area contributed by atoms with Crippen molar-refractivity contribution < 1.29 is 22.3 Å². The first kappa shape index (κ1) is 14.2. The minimum atomic E-state index is -3.96. The molecule has 1 N–H and O–H groups in total. The smallest absolute Gasteiger partial charge is 0.354 e. The third-order valence-electron chi connectivity index (χ3n) is 1.90. The molecule has 1 aromatic rings. The summed E-state index contributed by atoms with van der Waals surface area (Å²) in [6.07, 6.45) is 0. The van der Waals surface area contributed by atoms with Gasteiger partial charge in [0, 0.05) is 0 Å². The first-order chi connectivity index (χ1) is 8.36. The number of rotatable bonds is 5. The number of ether oxygens (including phenoxy) is 1. The summed E-state index contributed by atoms with van der Waals surface area (Å²) in [4.78, 5) is 11.0. The topological polar surface area (TPSA) is 72.5 Å². The van der Waals surface area contributed by atoms with Gasteiger partial charge in [0.05, 0.1) is 11.5 Å². The number of carbonyl (C=O) groups excluding carboxylic acids is 1. The summed E-state index contributed by atoms with van der Waals surface area (Å²) < 4.78 is 42.7. The lowest BCUT2D eigenvalue weighted by atomic mass is 10.4. The minimum Gasteiger partial charge on any atom is -0.461 e. The van der Waals surface area contributed by atoms with Crippen LogP contribution >= 0.6 is 0 Å². The molecule has 1 aromatic carbocycles. The van der Waals surface area contributed by atoms with E-state index in [4.69, 9.17) is 0 Å². The maximum Gasteiger partial charge on any atom is 0.354 e. The summed E-state index contributed by atoms with van der Waals surface area (Å²) in [5, 5.41) is 0. The molecule has 18 heavy (non-hydrogen) atoms. The Morgan fingerprint density at radius 2 is 1.94 bits per heavy atom. The molecule has 1 rings (SSSR count). The van der Waals surface area contributed by atoms with E-state index in [0.717, 1.165) is 24.3 Å². The summed E-state index contributed by atoms with van der Waals surface area (Å²) in [5.74, 6) is -1.42. The van der Waals surface area contributed by atoms with Crippen molar-refractivity contribution >= 4 is 16.0 Å². The van der Waals surface area contributed by atoms with Crippen LogP contribution in [0.4, 0.5) is 4.39 Å². The van der Waals surface area contributed by atoms with Crippen molar-refractivity contribution in [3.8, 4) is 0 Å². The maximum absolute atomic E-state index is 12.7. The molecule has 0 bridgehead atoms. The van der Waals surface area contributed by atoms with Gasteiger partial charge in [-0.2, -0.15) is 0 Å². The zero-order valence-corrected chi connectivity index (χ0v) is 10.5. The number of nitrogens with one attached hydrogen (secondary N) is 1. The van der Waals surface area contributed by atoms with Gasteiger partial charge in [-0.25, -0.2) is 17.6 Å². The van der Waals surface area contributed by atoms with Crippen molar-refractivity contribution in [2.45, 2.75) is 11.8 Å². The second kappa shape index (κ2) is 5.63. The average molecular weight is 273 g/mol. The van der Waals surface area contributed by atoms with Crippen molar-refractivity contribution in [3.05, 3.63) is 42.4 Å². The molecule has 0 atom stereocenters. The fourth-order valence-electron chi connectivity index (χ4n) is 1.09. The van der Waals surface area contributed by atoms with Gasteiger partial charge in [0.25, 0.3) is 10.0 Å². The van der Waals surface area contributed by atoms with Gasteiger partial charge in [-0.15, -0.1) is 0 Å². The molecule has 0 aliphatic carbocycles. The van der Waals surface area contributed by atoms with Crippen molar-refractivity contribution in [2.24, 2.45) is 0 Å². The highest BCUT2D eigenvalue weighted by atomic mass is 32.2. The Morgan fingerprint density at radius 1 is 1.39 bits per heavy atom. The van der Waals surface area contributed by atoms with Crippen LogP contribution in [-0.4, -0.2) is 21.0 Å². The molecule has 0 radical (unpaired) electrons. The van der Waals surface area contributed by atoms with Crippen molar-refractivity contribution in [1.82, 2.24) is 4.72 Å². The summed E-state index contributed by atoms with van der Waals surface area (Å²) in [5.41, 5.74) is -0.402. The zero-order valence-electron chi connectivity index (χ0n) is 9.64. The van der Waals surface area contributed by atoms with E-state index in [1.807, 2.05) is 4.72 Å². The van der Waals surface area contributed by atoms with Crippen molar-refractivity contribution in [2.75, 3.05) is 6.61 Å². The number of sulfonamides is 1. The Labute approximate surface area is 104 Å². The molecule has 0 aliphatic rings. The largest absolute Gasteiger partial charge is 0.461 e. The predicted octanol–water partition coefficient (Wildman–Crippen LogP) is 1.18. The van der Waals surface area contributed by atoms with E-state index < -0.39 is 27.5 Å². The number of carbonyl (C=O) groups is 1. The Hall–Kier alpha value is -1.89. The van der Waals surface area contributed by atoms with Gasteiger partial charge in [0.2, 0.25) is 0 Å². The number of benzene rings is 1. The molecule has 5 nitrogen and oxygen atoms in total. The molecule has 0 amide bonds. The van der Waals surface area contributed by atoms with Crippen LogP contribution in [0.15, 0.2) is 41.4 Å². The van der Waals surface area contributed by atoms with Gasteiger partial charge >= 0.3 is 5.97 Å². The summed E-state index contributed by atoms with van der Waals surface area (Å²) in [6.45, 7) is 4.95. The van der Waals surface area contributed by atoms with Crippen LogP contribution in [0.25, 0.3) is 0 Å². The van der Waals surface area contributed by atoms with Gasteiger partial charge in [0.15, 0.2) is 0 Å². The SMILES string of the molecule is C=C(NS(=O)(=O)c1ccc(F)cc1)C(=O)OCC. The van der Waals surface area contributed by atoms with E-state index in [1.165, 1.54) is 0 Å². The molecule has 0 aliphatic heterocycles. The van der Waals surface area contributed by atoms with Gasteiger partial charge in [0.1, 0.15) is 11.5 Å². The fourth-order valence-corrected chi connectivity index (χ4v) is 2.11. The van der Waals surface area contributed by atoms with E-state index in [9.17, 15) is 17.6 Å². The monoisotopic (exact) mass is 273 g/mol. The number of hydrogen-bond donors (Lipinski definition) is 1. The van der Waals surface area contributed by atoms with Crippen LogP contribution in [-0.2, 0) is 19.6 Å². The van der Waals surface area contributed by atoms with Crippen LogP contribution < -0.4 is 4.72 Å². The van der Waals surface area contributed by atoms with E-state index in [2.05, 4.69) is 11.3 Å². The van der Waals surface area contributed by atoms with Gasteiger partial charge in [-0.05, 0) is 31.2 Å². The molecule has 7 heteroatoms. The van der Waals surface area contributed by atoms with Gasteiger partial charge in [-0.3, -0.25) is 4.72 Å². The molecule has 0 unspecified atom stereocenters. The van der Waals surface area contributed by atoms with Crippen LogP contribution in [0.3, 0.4) is 0 Å². The zero-order chi connectivity index (χ0) is 13.8. The lowest BCUT2D eigenvalue weighted by molar-refractivity contribution is -0.138. The highest BCUT2D eigenvalue weighted by Crippen LogP contribution is 2.10. The standard InChI is InChI=1S/C11H12FNO4S/c1-3-17-11(14)8(2)13-18(15,16)10-6-4-9(12)5-7-10/h4-7,13H,2-3H2,1H3. The van der Waals surface area contributed by atoms with E-state index in [-0.39, 0.29) is 11.5 Å². The van der Waals surface area contributed by atoms with Crippen molar-refractivity contribution in [3.63, 3.8) is 0 Å². The van der Waals surface area contributed by atoms with Gasteiger partial charge in [-0.1, -0.05) is 6.58 Å². The molecular weight excluding hydrogens is 261 g/mol. The third-order valence-corrected chi connectivity index (χ3v) is 3.31. The van der Waals surface area contributed by atoms with Gasteiger partial charge < -0.3 is 4.74 Å². The second-order valence-electron chi connectivity index (χ2n) is 3.26. The number of hydrogen-bond acceptors (Lipinski definition) is 4. The second-order valence-corrected chi connectivity index (χ2v) is 4.94. The summed E-state index contributed by atoms with van der Waals surface area (Å²) >= 11 is 0. The van der Waals surface area contributed by atoms with Crippen LogP contribution in [0, 0.1) is 5.82 Å². The minimum absolute atomic E-state index is 0.107. The molecule has 98 valence electrons. The summed E-state index contributed by atoms with van der Waals surface area (Å²) in [7, 11) is -3.96. The van der Waals surface area contributed by atoms with E-state index in [1.54, 1.807) is 6.92 Å². The lowest BCUT2D eigenvalue weighted by Gasteiger charge is -2.09. The Bertz CT molecular complexity index is 551. The van der Waals surface area contributed by atoms with Crippen LogP contribution in [0.2, 0.25) is 0 Å². The van der Waals surface area contributed by atoms with Crippen LogP contribution in [0.5, 0.6) is 0 Å². The Balaban J connectivity index is 2.86. The quantitative estimate of drug-likeness (QED) is 0.646. The highest BCUT2D eigenvalue weighted by molar-refractivity contribution is 7.89. The first-order valence-electron chi connectivity index (χ1n) is 5.01. The molecule has 0 spiro atoms. The number of esters is 1. The molecule has 0 saturated heterocycles. The van der Waals surface area contributed by atoms with E-state index >= 15 is 0 Å². The third kappa shape index (κ3) is 3.56. The predicted molar refractivity (Wildman–Crippen MR) is 62.5 cm³/mol. The molecule has 0 fully saturated rings. The average Bonchev–Trinajstić information content (AvgIpc) is 2.29. The summed E-state index contributed by atoms with van der Waals surface area (Å²) in [6, 6.07) is 4.16. The molecule has 0 heterocycles.